The van der Waals surface area contributed by atoms with Crippen LogP contribution in [0.5, 0.6) is 0 Å². The van der Waals surface area contributed by atoms with Crippen molar-refractivity contribution in [2.75, 3.05) is 11.9 Å². The molecule has 1 saturated carbocycles. The van der Waals surface area contributed by atoms with E-state index in [-0.39, 0.29) is 18.6 Å². The number of carbonyl (C=O) groups is 2. The second-order valence-electron chi connectivity index (χ2n) is 5.24. The third-order valence-corrected chi connectivity index (χ3v) is 4.73. The summed E-state index contributed by atoms with van der Waals surface area (Å²) < 4.78 is 0.877. The summed E-state index contributed by atoms with van der Waals surface area (Å²) in [6, 6.07) is 7.17. The van der Waals surface area contributed by atoms with E-state index in [1.807, 2.05) is 12.1 Å². The zero-order chi connectivity index (χ0) is 15.2. The van der Waals surface area contributed by atoms with Gasteiger partial charge in [0, 0.05) is 22.1 Å². The highest BCUT2D eigenvalue weighted by Crippen LogP contribution is 2.24. The molecule has 0 aliphatic heterocycles. The maximum absolute atomic E-state index is 12.0. The van der Waals surface area contributed by atoms with Crippen molar-refractivity contribution >= 4 is 40.1 Å². The normalized spacial score (nSPS) is 21.6. The number of aliphatic hydroxyl groups excluding tert-OH is 1. The van der Waals surface area contributed by atoms with E-state index in [2.05, 4.69) is 33.2 Å². The minimum Gasteiger partial charge on any atom is -0.396 e. The molecule has 6 heteroatoms. The minimum absolute atomic E-state index is 0.0448. The van der Waals surface area contributed by atoms with E-state index in [4.69, 9.17) is 0 Å². The Hall–Kier alpha value is -1.15. The Labute approximate surface area is 137 Å². The summed E-state index contributed by atoms with van der Waals surface area (Å²) >= 11 is 2.10. The SMILES string of the molecule is O=C(Nc1ccccc1I)C(=O)N[C@H]1CCCC[C@H]1CO. The van der Waals surface area contributed by atoms with Crippen molar-refractivity contribution in [2.24, 2.45) is 5.92 Å². The van der Waals surface area contributed by atoms with Crippen molar-refractivity contribution in [3.63, 3.8) is 0 Å². The van der Waals surface area contributed by atoms with Gasteiger partial charge in [-0.15, -0.1) is 0 Å². The van der Waals surface area contributed by atoms with Crippen LogP contribution in [0.25, 0.3) is 0 Å². The van der Waals surface area contributed by atoms with Gasteiger partial charge in [0.15, 0.2) is 0 Å². The van der Waals surface area contributed by atoms with E-state index < -0.39 is 11.8 Å². The van der Waals surface area contributed by atoms with Crippen LogP contribution in [0.2, 0.25) is 0 Å². The molecule has 0 spiro atoms. The average Bonchev–Trinajstić information content (AvgIpc) is 2.50. The van der Waals surface area contributed by atoms with Crippen molar-refractivity contribution in [1.29, 1.82) is 0 Å². The summed E-state index contributed by atoms with van der Waals surface area (Å²) in [5.41, 5.74) is 0.626. The third-order valence-electron chi connectivity index (χ3n) is 3.79. The molecule has 0 radical (unpaired) electrons. The van der Waals surface area contributed by atoms with Gasteiger partial charge in [0.1, 0.15) is 0 Å². The van der Waals surface area contributed by atoms with Crippen molar-refractivity contribution in [1.82, 2.24) is 5.32 Å². The van der Waals surface area contributed by atoms with Crippen LogP contribution in [0.15, 0.2) is 24.3 Å². The lowest BCUT2D eigenvalue weighted by atomic mass is 9.85. The first-order valence-corrected chi connectivity index (χ1v) is 8.17. The summed E-state index contributed by atoms with van der Waals surface area (Å²) in [5, 5.41) is 14.7. The Balaban J connectivity index is 1.93. The highest BCUT2D eigenvalue weighted by molar-refractivity contribution is 14.1. The summed E-state index contributed by atoms with van der Waals surface area (Å²) in [6.07, 6.45) is 3.78. The lowest BCUT2D eigenvalue weighted by Crippen LogP contribution is -2.47. The van der Waals surface area contributed by atoms with Gasteiger partial charge in [-0.05, 0) is 47.6 Å². The average molecular weight is 402 g/mol. The molecule has 1 fully saturated rings. The fourth-order valence-corrected chi connectivity index (χ4v) is 3.11. The number of nitrogens with one attached hydrogen (secondary N) is 2. The standard InChI is InChI=1S/C15H19IN2O3/c16-11-6-2-4-8-13(11)18-15(21)14(20)17-12-7-3-1-5-10(12)9-19/h2,4,6,8,10,12,19H,1,3,5,7,9H2,(H,17,20)(H,18,21)/t10-,12-/m0/s1. The van der Waals surface area contributed by atoms with E-state index in [1.54, 1.807) is 12.1 Å². The first-order valence-electron chi connectivity index (χ1n) is 7.09. The van der Waals surface area contributed by atoms with Gasteiger partial charge in [-0.25, -0.2) is 0 Å². The van der Waals surface area contributed by atoms with Crippen molar-refractivity contribution < 1.29 is 14.7 Å². The van der Waals surface area contributed by atoms with Crippen LogP contribution in [0.4, 0.5) is 5.69 Å². The highest BCUT2D eigenvalue weighted by atomic mass is 127. The van der Waals surface area contributed by atoms with Gasteiger partial charge in [-0.1, -0.05) is 25.0 Å². The molecule has 1 aromatic carbocycles. The van der Waals surface area contributed by atoms with Gasteiger partial charge in [0.25, 0.3) is 0 Å². The Morgan fingerprint density at radius 2 is 1.90 bits per heavy atom. The molecule has 0 bridgehead atoms. The summed E-state index contributed by atoms with van der Waals surface area (Å²) in [7, 11) is 0. The number of benzene rings is 1. The fourth-order valence-electron chi connectivity index (χ4n) is 2.59. The molecule has 2 atom stereocenters. The van der Waals surface area contributed by atoms with Crippen molar-refractivity contribution in [2.45, 2.75) is 31.7 Å². The molecular weight excluding hydrogens is 383 g/mol. The van der Waals surface area contributed by atoms with Crippen molar-refractivity contribution in [3.8, 4) is 0 Å². The van der Waals surface area contributed by atoms with Gasteiger partial charge in [-0.2, -0.15) is 0 Å². The number of carbonyl (C=O) groups excluding carboxylic acids is 2. The molecule has 21 heavy (non-hydrogen) atoms. The van der Waals surface area contributed by atoms with Crippen LogP contribution in [-0.4, -0.2) is 29.6 Å². The van der Waals surface area contributed by atoms with Crippen LogP contribution in [0.1, 0.15) is 25.7 Å². The van der Waals surface area contributed by atoms with E-state index in [0.717, 1.165) is 29.3 Å². The maximum Gasteiger partial charge on any atom is 0.313 e. The molecule has 1 aromatic rings. The van der Waals surface area contributed by atoms with Gasteiger partial charge in [-0.3, -0.25) is 9.59 Å². The molecular formula is C15H19IN2O3. The predicted molar refractivity (Wildman–Crippen MR) is 88.8 cm³/mol. The number of para-hydroxylation sites is 1. The summed E-state index contributed by atoms with van der Waals surface area (Å²) in [6.45, 7) is 0.0448. The molecule has 2 amide bonds. The lowest BCUT2D eigenvalue weighted by Gasteiger charge is -2.30. The number of halogens is 1. The zero-order valence-electron chi connectivity index (χ0n) is 11.6. The summed E-state index contributed by atoms with van der Waals surface area (Å²) in [5.74, 6) is -1.26. The Morgan fingerprint density at radius 1 is 1.19 bits per heavy atom. The van der Waals surface area contributed by atoms with Gasteiger partial charge >= 0.3 is 11.8 Å². The Bertz CT molecular complexity index is 521. The zero-order valence-corrected chi connectivity index (χ0v) is 13.8. The second kappa shape index (κ2) is 7.74. The van der Waals surface area contributed by atoms with Crippen LogP contribution in [0, 0.1) is 9.49 Å². The van der Waals surface area contributed by atoms with Crippen LogP contribution < -0.4 is 10.6 Å². The van der Waals surface area contributed by atoms with Crippen LogP contribution in [0.3, 0.4) is 0 Å². The molecule has 1 aliphatic carbocycles. The van der Waals surface area contributed by atoms with Crippen LogP contribution >= 0.6 is 22.6 Å². The second-order valence-corrected chi connectivity index (χ2v) is 6.40. The summed E-state index contributed by atoms with van der Waals surface area (Å²) in [4.78, 5) is 23.9. The topological polar surface area (TPSA) is 78.4 Å². The number of hydrogen-bond acceptors (Lipinski definition) is 3. The lowest BCUT2D eigenvalue weighted by molar-refractivity contribution is -0.137. The fraction of sp³-hybridized carbons (Fsp3) is 0.467. The predicted octanol–water partition coefficient (Wildman–Crippen LogP) is 1.90. The van der Waals surface area contributed by atoms with E-state index >= 15 is 0 Å². The molecule has 5 nitrogen and oxygen atoms in total. The molecule has 2 rings (SSSR count). The molecule has 3 N–H and O–H groups in total. The smallest absolute Gasteiger partial charge is 0.313 e. The highest BCUT2D eigenvalue weighted by Gasteiger charge is 2.27. The van der Waals surface area contributed by atoms with Crippen molar-refractivity contribution in [3.05, 3.63) is 27.8 Å². The van der Waals surface area contributed by atoms with Crippen LogP contribution in [-0.2, 0) is 9.59 Å². The molecule has 0 aromatic heterocycles. The van der Waals surface area contributed by atoms with E-state index in [1.165, 1.54) is 0 Å². The number of amides is 2. The van der Waals surface area contributed by atoms with Gasteiger partial charge in [0.05, 0.1) is 5.69 Å². The Kier molecular flexibility index (Phi) is 5.98. The number of hydrogen-bond donors (Lipinski definition) is 3. The monoisotopic (exact) mass is 402 g/mol. The number of aliphatic hydroxyl groups is 1. The molecule has 0 heterocycles. The first kappa shape index (κ1) is 16.2. The molecule has 114 valence electrons. The first-order chi connectivity index (χ1) is 10.1. The molecule has 0 unspecified atom stereocenters. The largest absolute Gasteiger partial charge is 0.396 e. The number of anilines is 1. The molecule has 0 saturated heterocycles. The van der Waals surface area contributed by atoms with E-state index in [9.17, 15) is 14.7 Å². The van der Waals surface area contributed by atoms with E-state index in [0.29, 0.717) is 5.69 Å². The Morgan fingerprint density at radius 3 is 2.62 bits per heavy atom. The van der Waals surface area contributed by atoms with Gasteiger partial charge in [0.2, 0.25) is 0 Å². The quantitative estimate of drug-likeness (QED) is 0.534. The number of rotatable bonds is 3. The maximum atomic E-state index is 12.0. The minimum atomic E-state index is -0.665. The third kappa shape index (κ3) is 4.41. The molecule has 1 aliphatic rings. The van der Waals surface area contributed by atoms with Gasteiger partial charge < -0.3 is 15.7 Å².